The molecule has 2 N–H and O–H groups in total. The van der Waals surface area contributed by atoms with E-state index in [2.05, 4.69) is 35.9 Å². The molecule has 0 fully saturated rings. The highest BCUT2D eigenvalue weighted by Crippen LogP contribution is 2.23. The van der Waals surface area contributed by atoms with Gasteiger partial charge in [-0.25, -0.2) is 23.1 Å². The first-order chi connectivity index (χ1) is 9.53. The van der Waals surface area contributed by atoms with E-state index in [4.69, 9.17) is 0 Å². The van der Waals surface area contributed by atoms with Crippen LogP contribution in [0.25, 0.3) is 0 Å². The summed E-state index contributed by atoms with van der Waals surface area (Å²) < 4.78 is 27.8. The predicted molar refractivity (Wildman–Crippen MR) is 82.2 cm³/mol. The Morgan fingerprint density at radius 2 is 2.20 bits per heavy atom. The molecular formula is C11H13BrN4O2S2. The number of rotatable bonds is 6. The molecule has 20 heavy (non-hydrogen) atoms. The summed E-state index contributed by atoms with van der Waals surface area (Å²) in [6, 6.07) is 1.52. The number of aromatic nitrogens is 2. The summed E-state index contributed by atoms with van der Waals surface area (Å²) in [5.74, 6) is 0.335. The van der Waals surface area contributed by atoms with Gasteiger partial charge in [-0.2, -0.15) is 0 Å². The van der Waals surface area contributed by atoms with Gasteiger partial charge in [0.05, 0.1) is 6.54 Å². The van der Waals surface area contributed by atoms with E-state index in [0.29, 0.717) is 21.8 Å². The van der Waals surface area contributed by atoms with Gasteiger partial charge in [0, 0.05) is 28.8 Å². The van der Waals surface area contributed by atoms with E-state index in [1.165, 1.54) is 17.4 Å². The minimum Gasteiger partial charge on any atom is -0.369 e. The molecule has 0 aliphatic rings. The number of pyridine rings is 1. The predicted octanol–water partition coefficient (Wildman–Crippen LogP) is 2.21. The third kappa shape index (κ3) is 3.75. The van der Waals surface area contributed by atoms with Crippen LogP contribution >= 0.6 is 27.3 Å². The molecule has 9 heteroatoms. The molecule has 0 aromatic carbocycles. The van der Waals surface area contributed by atoms with Gasteiger partial charge < -0.3 is 5.32 Å². The van der Waals surface area contributed by atoms with E-state index in [9.17, 15) is 8.42 Å². The lowest BCUT2D eigenvalue weighted by atomic mass is 10.4. The second-order valence-electron chi connectivity index (χ2n) is 3.78. The van der Waals surface area contributed by atoms with Gasteiger partial charge >= 0.3 is 0 Å². The minimum absolute atomic E-state index is 0.116. The summed E-state index contributed by atoms with van der Waals surface area (Å²) in [6.07, 6.45) is 3.19. The van der Waals surface area contributed by atoms with Crippen LogP contribution in [-0.4, -0.2) is 24.9 Å². The number of nitrogens with one attached hydrogen (secondary N) is 2. The molecule has 0 spiro atoms. The van der Waals surface area contributed by atoms with Gasteiger partial charge in [0.25, 0.3) is 0 Å². The van der Waals surface area contributed by atoms with E-state index in [1.54, 1.807) is 17.8 Å². The van der Waals surface area contributed by atoms with Crippen LogP contribution in [0.15, 0.2) is 33.2 Å². The number of thiazole rings is 1. The fourth-order valence-electron chi connectivity index (χ4n) is 1.50. The molecule has 0 saturated carbocycles. The number of hydrogen-bond acceptors (Lipinski definition) is 6. The second-order valence-corrected chi connectivity index (χ2v) is 7.41. The number of sulfonamides is 1. The lowest BCUT2D eigenvalue weighted by molar-refractivity contribution is 0.581. The van der Waals surface area contributed by atoms with Crippen LogP contribution in [0.1, 0.15) is 11.9 Å². The molecular weight excluding hydrogens is 364 g/mol. The maximum Gasteiger partial charge on any atom is 0.244 e. The molecule has 0 saturated heterocycles. The van der Waals surface area contributed by atoms with Gasteiger partial charge in [-0.3, -0.25) is 0 Å². The molecule has 108 valence electrons. The fraction of sp³-hybridized carbons (Fsp3) is 0.273. The Hall–Kier alpha value is -1.03. The highest BCUT2D eigenvalue weighted by atomic mass is 79.9. The van der Waals surface area contributed by atoms with E-state index < -0.39 is 10.0 Å². The number of hydrogen-bond donors (Lipinski definition) is 2. The van der Waals surface area contributed by atoms with Crippen molar-refractivity contribution in [2.24, 2.45) is 0 Å². The van der Waals surface area contributed by atoms with Crippen LogP contribution in [-0.2, 0) is 16.6 Å². The maximum absolute atomic E-state index is 12.3. The lowest BCUT2D eigenvalue weighted by Crippen LogP contribution is -2.24. The van der Waals surface area contributed by atoms with Crippen molar-refractivity contribution >= 4 is 43.1 Å². The van der Waals surface area contributed by atoms with Crippen molar-refractivity contribution in [2.45, 2.75) is 18.4 Å². The maximum atomic E-state index is 12.3. The molecule has 0 aliphatic carbocycles. The van der Waals surface area contributed by atoms with Gasteiger partial charge in [0.1, 0.15) is 15.7 Å². The van der Waals surface area contributed by atoms with Crippen LogP contribution in [0.5, 0.6) is 0 Å². The fourth-order valence-corrected chi connectivity index (χ4v) is 3.77. The lowest BCUT2D eigenvalue weighted by Gasteiger charge is -2.11. The average Bonchev–Trinajstić information content (AvgIpc) is 2.92. The molecule has 0 radical (unpaired) electrons. The van der Waals surface area contributed by atoms with Crippen LogP contribution in [0, 0.1) is 0 Å². The Kier molecular flexibility index (Phi) is 5.08. The van der Waals surface area contributed by atoms with Crippen molar-refractivity contribution in [1.29, 1.82) is 0 Å². The highest BCUT2D eigenvalue weighted by Gasteiger charge is 2.20. The topological polar surface area (TPSA) is 84.0 Å². The zero-order chi connectivity index (χ0) is 14.6. The monoisotopic (exact) mass is 376 g/mol. The third-order valence-corrected chi connectivity index (χ3v) is 4.98. The Morgan fingerprint density at radius 1 is 1.40 bits per heavy atom. The zero-order valence-electron chi connectivity index (χ0n) is 10.6. The summed E-state index contributed by atoms with van der Waals surface area (Å²) in [5, 5.41) is 5.45. The van der Waals surface area contributed by atoms with Gasteiger partial charge in [-0.1, -0.05) is 0 Å². The smallest absolute Gasteiger partial charge is 0.244 e. The molecule has 0 bridgehead atoms. The van der Waals surface area contributed by atoms with Gasteiger partial charge in [-0.15, -0.1) is 11.3 Å². The molecule has 2 rings (SSSR count). The Labute approximate surface area is 129 Å². The first kappa shape index (κ1) is 15.4. The molecule has 0 unspecified atom stereocenters. The van der Waals surface area contributed by atoms with Crippen molar-refractivity contribution < 1.29 is 8.42 Å². The second kappa shape index (κ2) is 6.61. The quantitative estimate of drug-likeness (QED) is 0.807. The molecule has 0 amide bonds. The first-order valence-electron chi connectivity index (χ1n) is 5.80. The Balaban J connectivity index is 2.26. The molecule has 2 aromatic heterocycles. The standard InChI is InChI=1S/C11H13BrN4O2S2/c1-2-13-11-9(5-8(12)6-15-11)20(17,18)16-7-10-14-3-4-19-10/h3-6,16H,2,7H2,1H3,(H,13,15). The minimum atomic E-state index is -3.65. The Morgan fingerprint density at radius 3 is 2.85 bits per heavy atom. The van der Waals surface area contributed by atoms with Crippen molar-refractivity contribution in [3.05, 3.63) is 33.3 Å². The SMILES string of the molecule is CCNc1ncc(Br)cc1S(=O)(=O)NCc1nccs1. The van der Waals surface area contributed by atoms with Crippen molar-refractivity contribution in [3.63, 3.8) is 0 Å². The van der Waals surface area contributed by atoms with Crippen molar-refractivity contribution in [2.75, 3.05) is 11.9 Å². The van der Waals surface area contributed by atoms with Crippen molar-refractivity contribution in [1.82, 2.24) is 14.7 Å². The number of halogens is 1. The van der Waals surface area contributed by atoms with E-state index in [1.807, 2.05) is 6.92 Å². The number of nitrogens with zero attached hydrogens (tertiary/aromatic N) is 2. The van der Waals surface area contributed by atoms with Crippen LogP contribution in [0.4, 0.5) is 5.82 Å². The van der Waals surface area contributed by atoms with E-state index >= 15 is 0 Å². The average molecular weight is 377 g/mol. The van der Waals surface area contributed by atoms with Crippen LogP contribution in [0.2, 0.25) is 0 Å². The molecule has 0 atom stereocenters. The van der Waals surface area contributed by atoms with Crippen molar-refractivity contribution in [3.8, 4) is 0 Å². The summed E-state index contributed by atoms with van der Waals surface area (Å²) in [7, 11) is -3.65. The highest BCUT2D eigenvalue weighted by molar-refractivity contribution is 9.10. The summed E-state index contributed by atoms with van der Waals surface area (Å²) >= 11 is 4.63. The van der Waals surface area contributed by atoms with Crippen LogP contribution in [0.3, 0.4) is 0 Å². The molecule has 2 heterocycles. The summed E-state index contributed by atoms with van der Waals surface area (Å²) in [6.45, 7) is 2.63. The third-order valence-electron chi connectivity index (χ3n) is 2.35. The van der Waals surface area contributed by atoms with Gasteiger partial charge in [-0.05, 0) is 28.9 Å². The Bertz CT molecular complexity index is 674. The largest absolute Gasteiger partial charge is 0.369 e. The first-order valence-corrected chi connectivity index (χ1v) is 8.96. The number of anilines is 1. The van der Waals surface area contributed by atoms with Gasteiger partial charge in [0.15, 0.2) is 0 Å². The van der Waals surface area contributed by atoms with Gasteiger partial charge in [0.2, 0.25) is 10.0 Å². The molecule has 0 aliphatic heterocycles. The van der Waals surface area contributed by atoms with E-state index in [0.717, 1.165) is 0 Å². The van der Waals surface area contributed by atoms with Crippen LogP contribution < -0.4 is 10.0 Å². The molecule has 6 nitrogen and oxygen atoms in total. The summed E-state index contributed by atoms with van der Waals surface area (Å²) in [4.78, 5) is 8.25. The van der Waals surface area contributed by atoms with E-state index in [-0.39, 0.29) is 11.4 Å². The summed E-state index contributed by atoms with van der Waals surface area (Å²) in [5.41, 5.74) is 0. The molecule has 2 aromatic rings. The normalized spacial score (nSPS) is 11.5. The zero-order valence-corrected chi connectivity index (χ0v) is 13.8.